The molecule has 0 aliphatic heterocycles. The van der Waals surface area contributed by atoms with Crippen molar-refractivity contribution in [1.82, 2.24) is 4.98 Å². The third-order valence-corrected chi connectivity index (χ3v) is 3.17. The molecule has 0 radical (unpaired) electrons. The summed E-state index contributed by atoms with van der Waals surface area (Å²) in [6, 6.07) is 5.37. The topological polar surface area (TPSA) is 48.7 Å². The second kappa shape index (κ2) is 3.95. The number of rotatable bonds is 3. The van der Waals surface area contributed by atoms with Crippen LogP contribution < -0.4 is 5.32 Å². The van der Waals surface area contributed by atoms with Crippen molar-refractivity contribution in [1.29, 1.82) is 5.26 Å². The van der Waals surface area contributed by atoms with Crippen LogP contribution in [0.15, 0.2) is 12.1 Å². The molecule has 1 N–H and O–H groups in total. The SMILES string of the molecule is CC(C)(Nc1cc(C#N)cc(Cl)n1)C1CC1. The Hall–Kier alpha value is -1.27. The first-order valence-corrected chi connectivity index (χ1v) is 5.75. The molecule has 4 heteroatoms. The minimum atomic E-state index is 0.0183. The smallest absolute Gasteiger partial charge is 0.132 e. The van der Waals surface area contributed by atoms with E-state index in [1.165, 1.54) is 12.8 Å². The Morgan fingerprint density at radius 1 is 1.50 bits per heavy atom. The quantitative estimate of drug-likeness (QED) is 0.819. The van der Waals surface area contributed by atoms with Gasteiger partial charge in [0.25, 0.3) is 0 Å². The van der Waals surface area contributed by atoms with Gasteiger partial charge in [0.15, 0.2) is 0 Å². The number of hydrogen-bond acceptors (Lipinski definition) is 3. The maximum atomic E-state index is 8.84. The lowest BCUT2D eigenvalue weighted by atomic mass is 9.99. The summed E-state index contributed by atoms with van der Waals surface area (Å²) in [5, 5.41) is 12.5. The number of hydrogen-bond donors (Lipinski definition) is 1. The molecular weight excluding hydrogens is 222 g/mol. The van der Waals surface area contributed by atoms with Crippen molar-refractivity contribution in [3.63, 3.8) is 0 Å². The first kappa shape index (κ1) is 11.2. The standard InChI is InChI=1S/C12H14ClN3/c1-12(2,9-3-4-9)16-11-6-8(7-14)5-10(13)15-11/h5-6,9H,3-4H2,1-2H3,(H,15,16). The molecule has 0 aromatic carbocycles. The van der Waals surface area contributed by atoms with Crippen LogP contribution in [0, 0.1) is 17.2 Å². The van der Waals surface area contributed by atoms with E-state index >= 15 is 0 Å². The van der Waals surface area contributed by atoms with Gasteiger partial charge in [-0.3, -0.25) is 0 Å². The lowest BCUT2D eigenvalue weighted by Gasteiger charge is -2.26. The summed E-state index contributed by atoms with van der Waals surface area (Å²) >= 11 is 5.85. The molecule has 2 rings (SSSR count). The molecule has 0 amide bonds. The molecule has 1 fully saturated rings. The fraction of sp³-hybridized carbons (Fsp3) is 0.500. The Labute approximate surface area is 100 Å². The number of anilines is 1. The normalized spacial score (nSPS) is 15.6. The van der Waals surface area contributed by atoms with Gasteiger partial charge in [0.1, 0.15) is 11.0 Å². The highest BCUT2D eigenvalue weighted by atomic mass is 35.5. The molecule has 1 aromatic heterocycles. The first-order valence-electron chi connectivity index (χ1n) is 5.37. The van der Waals surface area contributed by atoms with Crippen molar-refractivity contribution in [3.05, 3.63) is 22.8 Å². The third-order valence-electron chi connectivity index (χ3n) is 2.97. The zero-order chi connectivity index (χ0) is 11.8. The van der Waals surface area contributed by atoms with Crippen molar-refractivity contribution in [3.8, 4) is 6.07 Å². The van der Waals surface area contributed by atoms with Crippen molar-refractivity contribution < 1.29 is 0 Å². The molecule has 0 unspecified atom stereocenters. The van der Waals surface area contributed by atoms with Gasteiger partial charge in [-0.2, -0.15) is 5.26 Å². The molecular formula is C12H14ClN3. The van der Waals surface area contributed by atoms with Crippen LogP contribution in [-0.2, 0) is 0 Å². The van der Waals surface area contributed by atoms with Crippen molar-refractivity contribution in [2.24, 2.45) is 5.92 Å². The fourth-order valence-corrected chi connectivity index (χ4v) is 2.07. The predicted octanol–water partition coefficient (Wildman–Crippen LogP) is 3.21. The van der Waals surface area contributed by atoms with Crippen LogP contribution in [0.2, 0.25) is 5.15 Å². The van der Waals surface area contributed by atoms with E-state index in [1.807, 2.05) is 0 Å². The summed E-state index contributed by atoms with van der Waals surface area (Å²) in [6.45, 7) is 4.30. The summed E-state index contributed by atoms with van der Waals surface area (Å²) in [7, 11) is 0. The predicted molar refractivity (Wildman–Crippen MR) is 64.4 cm³/mol. The van der Waals surface area contributed by atoms with E-state index in [0.29, 0.717) is 22.5 Å². The Morgan fingerprint density at radius 2 is 2.19 bits per heavy atom. The summed E-state index contributed by atoms with van der Waals surface area (Å²) in [6.07, 6.45) is 2.51. The molecule has 16 heavy (non-hydrogen) atoms. The average molecular weight is 236 g/mol. The van der Waals surface area contributed by atoms with Crippen LogP contribution in [0.4, 0.5) is 5.82 Å². The molecule has 0 bridgehead atoms. The van der Waals surface area contributed by atoms with E-state index in [2.05, 4.69) is 30.2 Å². The second-order valence-electron chi connectivity index (χ2n) is 4.80. The molecule has 84 valence electrons. The number of aromatic nitrogens is 1. The lowest BCUT2D eigenvalue weighted by Crippen LogP contribution is -2.33. The minimum Gasteiger partial charge on any atom is -0.365 e. The van der Waals surface area contributed by atoms with E-state index in [4.69, 9.17) is 16.9 Å². The average Bonchev–Trinajstić information content (AvgIpc) is 2.98. The zero-order valence-electron chi connectivity index (χ0n) is 9.42. The number of nitrogens with zero attached hydrogens (tertiary/aromatic N) is 2. The molecule has 1 saturated carbocycles. The maximum absolute atomic E-state index is 8.84. The molecule has 0 saturated heterocycles. The van der Waals surface area contributed by atoms with Crippen molar-refractivity contribution in [2.45, 2.75) is 32.2 Å². The molecule has 1 aliphatic rings. The van der Waals surface area contributed by atoms with Gasteiger partial charge in [0, 0.05) is 5.54 Å². The molecule has 3 nitrogen and oxygen atoms in total. The van der Waals surface area contributed by atoms with Crippen LogP contribution in [0.3, 0.4) is 0 Å². The lowest BCUT2D eigenvalue weighted by molar-refractivity contribution is 0.492. The van der Waals surface area contributed by atoms with Crippen LogP contribution in [0.5, 0.6) is 0 Å². The summed E-state index contributed by atoms with van der Waals surface area (Å²) in [5.41, 5.74) is 0.554. The molecule has 1 heterocycles. The molecule has 1 aliphatic carbocycles. The zero-order valence-corrected chi connectivity index (χ0v) is 10.2. The third kappa shape index (κ3) is 2.45. The van der Waals surface area contributed by atoms with Gasteiger partial charge < -0.3 is 5.32 Å². The van der Waals surface area contributed by atoms with E-state index < -0.39 is 0 Å². The van der Waals surface area contributed by atoms with Gasteiger partial charge in [-0.1, -0.05) is 11.6 Å². The van der Waals surface area contributed by atoms with Gasteiger partial charge in [0.05, 0.1) is 11.6 Å². The Bertz CT molecular complexity index is 444. The van der Waals surface area contributed by atoms with Gasteiger partial charge in [-0.15, -0.1) is 0 Å². The summed E-state index contributed by atoms with van der Waals surface area (Å²) < 4.78 is 0. The highest BCUT2D eigenvalue weighted by Gasteiger charge is 2.37. The number of nitrogens with one attached hydrogen (secondary N) is 1. The monoisotopic (exact) mass is 235 g/mol. The van der Waals surface area contributed by atoms with E-state index in [-0.39, 0.29) is 5.54 Å². The van der Waals surface area contributed by atoms with Gasteiger partial charge in [-0.05, 0) is 44.7 Å². The highest BCUT2D eigenvalue weighted by Crippen LogP contribution is 2.40. The minimum absolute atomic E-state index is 0.0183. The number of halogens is 1. The Morgan fingerprint density at radius 3 is 2.75 bits per heavy atom. The van der Waals surface area contributed by atoms with Crippen LogP contribution in [0.1, 0.15) is 32.3 Å². The first-order chi connectivity index (χ1) is 7.51. The van der Waals surface area contributed by atoms with Gasteiger partial charge in [-0.25, -0.2) is 4.98 Å². The van der Waals surface area contributed by atoms with Crippen LogP contribution in [-0.4, -0.2) is 10.5 Å². The van der Waals surface area contributed by atoms with E-state index in [9.17, 15) is 0 Å². The molecule has 0 spiro atoms. The Kier molecular flexibility index (Phi) is 2.77. The number of pyridine rings is 1. The van der Waals surface area contributed by atoms with Crippen molar-refractivity contribution in [2.75, 3.05) is 5.32 Å². The van der Waals surface area contributed by atoms with Crippen LogP contribution >= 0.6 is 11.6 Å². The van der Waals surface area contributed by atoms with E-state index in [0.717, 1.165) is 0 Å². The molecule has 0 atom stereocenters. The second-order valence-corrected chi connectivity index (χ2v) is 5.18. The molecule has 1 aromatic rings. The summed E-state index contributed by atoms with van der Waals surface area (Å²) in [4.78, 5) is 4.18. The highest BCUT2D eigenvalue weighted by molar-refractivity contribution is 6.29. The van der Waals surface area contributed by atoms with Crippen molar-refractivity contribution >= 4 is 17.4 Å². The van der Waals surface area contributed by atoms with E-state index in [1.54, 1.807) is 12.1 Å². The Balaban J connectivity index is 2.21. The maximum Gasteiger partial charge on any atom is 0.132 e. The van der Waals surface area contributed by atoms with Gasteiger partial charge in [0.2, 0.25) is 0 Å². The van der Waals surface area contributed by atoms with Crippen LogP contribution in [0.25, 0.3) is 0 Å². The fourth-order valence-electron chi connectivity index (χ4n) is 1.86. The number of nitriles is 1. The van der Waals surface area contributed by atoms with Gasteiger partial charge >= 0.3 is 0 Å². The largest absolute Gasteiger partial charge is 0.365 e. The summed E-state index contributed by atoms with van der Waals surface area (Å²) in [5.74, 6) is 1.37.